The number of aliphatic imine (C=N–C) groups is 1. The van der Waals surface area contributed by atoms with Gasteiger partial charge in [-0.3, -0.25) is 0 Å². The molecule has 0 atom stereocenters. The summed E-state index contributed by atoms with van der Waals surface area (Å²) in [6, 6.07) is 5.15. The molecular formula is C13H9Cl2NO2. The first-order valence-corrected chi connectivity index (χ1v) is 6.36. The number of cyclic esters (lactones) is 1. The fraction of sp³-hybridized carbons (Fsp3) is 0.231. The Labute approximate surface area is 114 Å². The Kier molecular flexibility index (Phi) is 2.88. The van der Waals surface area contributed by atoms with E-state index in [-0.39, 0.29) is 0 Å². The van der Waals surface area contributed by atoms with Gasteiger partial charge in [-0.15, -0.1) is 0 Å². The van der Waals surface area contributed by atoms with Gasteiger partial charge in [-0.2, -0.15) is 0 Å². The first-order valence-electron chi connectivity index (χ1n) is 5.61. The van der Waals surface area contributed by atoms with Crippen LogP contribution in [0.1, 0.15) is 18.4 Å². The number of carbonyl (C=O) groups excluding carboxylic acids is 1. The van der Waals surface area contributed by atoms with Crippen LogP contribution < -0.4 is 0 Å². The number of rotatable bonds is 2. The van der Waals surface area contributed by atoms with E-state index in [9.17, 15) is 4.79 Å². The molecule has 0 aromatic heterocycles. The van der Waals surface area contributed by atoms with Crippen molar-refractivity contribution in [3.05, 3.63) is 39.5 Å². The molecule has 0 amide bonds. The fourth-order valence-electron chi connectivity index (χ4n) is 1.69. The average molecular weight is 282 g/mol. The molecule has 18 heavy (non-hydrogen) atoms. The van der Waals surface area contributed by atoms with Crippen molar-refractivity contribution in [3.63, 3.8) is 0 Å². The number of esters is 1. The van der Waals surface area contributed by atoms with E-state index in [0.717, 1.165) is 18.4 Å². The van der Waals surface area contributed by atoms with Gasteiger partial charge in [-0.1, -0.05) is 29.3 Å². The minimum Gasteiger partial charge on any atom is -0.406 e. The van der Waals surface area contributed by atoms with Crippen molar-refractivity contribution in [2.45, 2.75) is 12.8 Å². The van der Waals surface area contributed by atoms with Gasteiger partial charge in [0.1, 0.15) is 0 Å². The number of hydrogen-bond donors (Lipinski definition) is 0. The average Bonchev–Trinajstić information content (AvgIpc) is 3.11. The van der Waals surface area contributed by atoms with E-state index in [1.807, 2.05) is 0 Å². The Morgan fingerprint density at radius 1 is 1.28 bits per heavy atom. The third-order valence-electron chi connectivity index (χ3n) is 2.81. The van der Waals surface area contributed by atoms with Gasteiger partial charge in [-0.05, 0) is 36.6 Å². The zero-order chi connectivity index (χ0) is 12.7. The van der Waals surface area contributed by atoms with Crippen LogP contribution in [0.15, 0.2) is 28.9 Å². The highest BCUT2D eigenvalue weighted by molar-refractivity contribution is 6.42. The van der Waals surface area contributed by atoms with Crippen molar-refractivity contribution in [3.8, 4) is 0 Å². The summed E-state index contributed by atoms with van der Waals surface area (Å²) < 4.78 is 5.11. The zero-order valence-electron chi connectivity index (χ0n) is 9.32. The standard InChI is InChI=1S/C13H9Cl2NO2/c14-9-4-1-7(5-10(9)15)6-11-13(17)18-12(16-11)8-2-3-8/h1,4-6,8H,2-3H2/b11-6+. The maximum absolute atomic E-state index is 11.6. The van der Waals surface area contributed by atoms with Gasteiger partial charge in [0.2, 0.25) is 5.90 Å². The molecule has 1 heterocycles. The predicted octanol–water partition coefficient (Wildman–Crippen LogP) is 3.70. The SMILES string of the molecule is O=C1OC(C2CC2)=N/C1=C/c1ccc(Cl)c(Cl)c1. The quantitative estimate of drug-likeness (QED) is 0.612. The van der Waals surface area contributed by atoms with E-state index in [4.69, 9.17) is 27.9 Å². The maximum atomic E-state index is 11.6. The molecule has 1 aromatic carbocycles. The van der Waals surface area contributed by atoms with E-state index >= 15 is 0 Å². The van der Waals surface area contributed by atoms with E-state index in [0.29, 0.717) is 27.6 Å². The van der Waals surface area contributed by atoms with E-state index in [1.54, 1.807) is 24.3 Å². The Hall–Kier alpha value is -1.32. The van der Waals surface area contributed by atoms with Crippen molar-refractivity contribution < 1.29 is 9.53 Å². The van der Waals surface area contributed by atoms with Gasteiger partial charge in [0, 0.05) is 5.92 Å². The minimum absolute atomic E-state index is 0.315. The summed E-state index contributed by atoms with van der Waals surface area (Å²) in [7, 11) is 0. The van der Waals surface area contributed by atoms with Gasteiger partial charge in [0.05, 0.1) is 10.0 Å². The van der Waals surface area contributed by atoms with E-state index < -0.39 is 5.97 Å². The highest BCUT2D eigenvalue weighted by atomic mass is 35.5. The minimum atomic E-state index is -0.400. The largest absolute Gasteiger partial charge is 0.406 e. The number of ether oxygens (including phenoxy) is 1. The molecule has 0 N–H and O–H groups in total. The second-order valence-corrected chi connectivity index (χ2v) is 5.13. The topological polar surface area (TPSA) is 38.7 Å². The van der Waals surface area contributed by atoms with Gasteiger partial charge in [0.15, 0.2) is 5.70 Å². The number of hydrogen-bond acceptors (Lipinski definition) is 3. The molecule has 5 heteroatoms. The highest BCUT2D eigenvalue weighted by Crippen LogP contribution is 2.34. The normalized spacial score (nSPS) is 21.1. The first-order chi connectivity index (χ1) is 8.63. The second kappa shape index (κ2) is 4.41. The van der Waals surface area contributed by atoms with E-state index in [1.165, 1.54) is 0 Å². The Balaban J connectivity index is 1.91. The fourth-order valence-corrected chi connectivity index (χ4v) is 2.00. The summed E-state index contributed by atoms with van der Waals surface area (Å²) >= 11 is 11.7. The van der Waals surface area contributed by atoms with Crippen LogP contribution in [-0.2, 0) is 9.53 Å². The Bertz CT molecular complexity index is 589. The Morgan fingerprint density at radius 3 is 2.72 bits per heavy atom. The monoisotopic (exact) mass is 281 g/mol. The third-order valence-corrected chi connectivity index (χ3v) is 3.55. The molecule has 0 saturated heterocycles. The van der Waals surface area contributed by atoms with Crippen LogP contribution in [0, 0.1) is 5.92 Å². The number of benzene rings is 1. The lowest BCUT2D eigenvalue weighted by Crippen LogP contribution is -2.05. The second-order valence-electron chi connectivity index (χ2n) is 4.32. The highest BCUT2D eigenvalue weighted by Gasteiger charge is 2.35. The summed E-state index contributed by atoms with van der Waals surface area (Å²) in [5, 5.41) is 0.929. The lowest BCUT2D eigenvalue weighted by Gasteiger charge is -1.97. The first kappa shape index (κ1) is 11.8. The summed E-state index contributed by atoms with van der Waals surface area (Å²) in [5.41, 5.74) is 1.09. The van der Waals surface area contributed by atoms with Crippen LogP contribution in [0.4, 0.5) is 0 Å². The van der Waals surface area contributed by atoms with Crippen LogP contribution in [0.25, 0.3) is 6.08 Å². The van der Waals surface area contributed by atoms with Gasteiger partial charge >= 0.3 is 5.97 Å². The van der Waals surface area contributed by atoms with Crippen molar-refractivity contribution >= 4 is 41.1 Å². The summed E-state index contributed by atoms with van der Waals surface area (Å²) in [4.78, 5) is 15.8. The predicted molar refractivity (Wildman–Crippen MR) is 70.7 cm³/mol. The molecule has 1 aliphatic carbocycles. The Morgan fingerprint density at radius 2 is 2.06 bits per heavy atom. The molecule has 92 valence electrons. The van der Waals surface area contributed by atoms with Crippen LogP contribution >= 0.6 is 23.2 Å². The molecule has 1 aliphatic heterocycles. The number of halogens is 2. The van der Waals surface area contributed by atoms with Gasteiger partial charge in [-0.25, -0.2) is 9.79 Å². The summed E-state index contributed by atoms with van der Waals surface area (Å²) in [6.45, 7) is 0. The molecule has 0 bridgehead atoms. The molecule has 3 rings (SSSR count). The van der Waals surface area contributed by atoms with Gasteiger partial charge in [0.25, 0.3) is 0 Å². The number of carbonyl (C=O) groups is 1. The third kappa shape index (κ3) is 2.28. The number of nitrogens with zero attached hydrogens (tertiary/aromatic N) is 1. The van der Waals surface area contributed by atoms with Gasteiger partial charge < -0.3 is 4.74 Å². The van der Waals surface area contributed by atoms with Crippen molar-refractivity contribution in [1.82, 2.24) is 0 Å². The molecule has 2 aliphatic rings. The molecule has 1 fully saturated rings. The maximum Gasteiger partial charge on any atom is 0.363 e. The van der Waals surface area contributed by atoms with Crippen molar-refractivity contribution in [2.75, 3.05) is 0 Å². The summed E-state index contributed by atoms with van der Waals surface area (Å²) in [6.07, 6.45) is 3.75. The molecule has 0 unspecified atom stereocenters. The smallest absolute Gasteiger partial charge is 0.363 e. The molecule has 0 radical (unpaired) electrons. The van der Waals surface area contributed by atoms with E-state index in [2.05, 4.69) is 4.99 Å². The van der Waals surface area contributed by atoms with Crippen LogP contribution in [0.2, 0.25) is 10.0 Å². The molecule has 1 saturated carbocycles. The van der Waals surface area contributed by atoms with Crippen molar-refractivity contribution in [2.24, 2.45) is 10.9 Å². The lowest BCUT2D eigenvalue weighted by molar-refractivity contribution is -0.130. The van der Waals surface area contributed by atoms with Crippen LogP contribution in [0.3, 0.4) is 0 Å². The lowest BCUT2D eigenvalue weighted by atomic mass is 10.2. The van der Waals surface area contributed by atoms with Crippen LogP contribution in [0.5, 0.6) is 0 Å². The van der Waals surface area contributed by atoms with Crippen LogP contribution in [-0.4, -0.2) is 11.9 Å². The molecule has 1 aromatic rings. The molecule has 0 spiro atoms. The molecule has 3 nitrogen and oxygen atoms in total. The zero-order valence-corrected chi connectivity index (χ0v) is 10.8. The molecular weight excluding hydrogens is 273 g/mol. The van der Waals surface area contributed by atoms with Crippen molar-refractivity contribution in [1.29, 1.82) is 0 Å². The summed E-state index contributed by atoms with van der Waals surface area (Å²) in [5.74, 6) is 0.475.